The summed E-state index contributed by atoms with van der Waals surface area (Å²) >= 11 is 0. The highest BCUT2D eigenvalue weighted by atomic mass is 16.4. The first-order valence-electron chi connectivity index (χ1n) is 7.80. The molecule has 0 fully saturated rings. The number of anilines is 1. The molecule has 2 N–H and O–H groups in total. The molecule has 0 aliphatic heterocycles. The summed E-state index contributed by atoms with van der Waals surface area (Å²) in [6, 6.07) is 14.6. The molecule has 7 nitrogen and oxygen atoms in total. The Hall–Kier alpha value is -3.48. The van der Waals surface area contributed by atoms with Crippen LogP contribution in [0.1, 0.15) is 21.7 Å². The van der Waals surface area contributed by atoms with Crippen molar-refractivity contribution >= 4 is 28.5 Å². The molecule has 2 heterocycles. The van der Waals surface area contributed by atoms with Crippen LogP contribution in [0, 0.1) is 6.92 Å². The van der Waals surface area contributed by atoms with Crippen molar-refractivity contribution in [2.24, 2.45) is 0 Å². The molecule has 4 aromatic rings. The van der Waals surface area contributed by atoms with Crippen LogP contribution in [-0.4, -0.2) is 30.7 Å². The molecule has 0 radical (unpaired) electrons. The van der Waals surface area contributed by atoms with Gasteiger partial charge in [0.2, 0.25) is 5.65 Å². The highest BCUT2D eigenvalue weighted by molar-refractivity contribution is 5.87. The standard InChI is InChI=1S/C18H15N5O2/c1-11-21-22-17-16(20-14-4-2-3-5-15(14)23(11)17)19-10-12-6-8-13(9-7-12)18(24)25/h2-9H,10H2,1H3,(H,19,20)(H,24,25). The molecule has 0 aliphatic rings. The minimum Gasteiger partial charge on any atom is -0.478 e. The van der Waals surface area contributed by atoms with E-state index < -0.39 is 5.97 Å². The van der Waals surface area contributed by atoms with Crippen LogP contribution < -0.4 is 5.32 Å². The van der Waals surface area contributed by atoms with E-state index >= 15 is 0 Å². The van der Waals surface area contributed by atoms with Gasteiger partial charge in [-0.15, -0.1) is 10.2 Å². The molecule has 4 rings (SSSR count). The van der Waals surface area contributed by atoms with Gasteiger partial charge in [-0.1, -0.05) is 24.3 Å². The summed E-state index contributed by atoms with van der Waals surface area (Å²) in [7, 11) is 0. The number of nitrogens with zero attached hydrogens (tertiary/aromatic N) is 4. The van der Waals surface area contributed by atoms with E-state index in [1.807, 2.05) is 35.6 Å². The predicted molar refractivity (Wildman–Crippen MR) is 93.8 cm³/mol. The topological polar surface area (TPSA) is 92.4 Å². The fourth-order valence-electron chi connectivity index (χ4n) is 2.79. The fraction of sp³-hybridized carbons (Fsp3) is 0.111. The Morgan fingerprint density at radius 1 is 1.12 bits per heavy atom. The average molecular weight is 333 g/mol. The van der Waals surface area contributed by atoms with Gasteiger partial charge in [-0.05, 0) is 36.8 Å². The molecule has 0 saturated heterocycles. The van der Waals surface area contributed by atoms with Crippen molar-refractivity contribution in [3.05, 3.63) is 65.5 Å². The molecule has 25 heavy (non-hydrogen) atoms. The number of para-hydroxylation sites is 2. The van der Waals surface area contributed by atoms with Crippen LogP contribution in [0.4, 0.5) is 5.82 Å². The quantitative estimate of drug-likeness (QED) is 0.596. The lowest BCUT2D eigenvalue weighted by Crippen LogP contribution is -2.06. The highest BCUT2D eigenvalue weighted by Crippen LogP contribution is 2.21. The lowest BCUT2D eigenvalue weighted by atomic mass is 10.1. The van der Waals surface area contributed by atoms with Crippen molar-refractivity contribution in [1.82, 2.24) is 19.6 Å². The summed E-state index contributed by atoms with van der Waals surface area (Å²) in [5, 5.41) is 20.6. The summed E-state index contributed by atoms with van der Waals surface area (Å²) in [6.45, 7) is 2.41. The molecule has 0 amide bonds. The van der Waals surface area contributed by atoms with Gasteiger partial charge in [0.05, 0.1) is 16.6 Å². The number of benzene rings is 2. The minimum absolute atomic E-state index is 0.267. The van der Waals surface area contributed by atoms with Crippen LogP contribution in [0.5, 0.6) is 0 Å². The third-order valence-corrected chi connectivity index (χ3v) is 4.05. The third kappa shape index (κ3) is 2.65. The fourth-order valence-corrected chi connectivity index (χ4v) is 2.79. The van der Waals surface area contributed by atoms with Gasteiger partial charge in [-0.25, -0.2) is 9.78 Å². The molecule has 0 saturated carbocycles. The predicted octanol–water partition coefficient (Wildman–Crippen LogP) is 2.90. The second kappa shape index (κ2) is 5.86. The van der Waals surface area contributed by atoms with Crippen molar-refractivity contribution in [1.29, 1.82) is 0 Å². The Balaban J connectivity index is 1.70. The van der Waals surface area contributed by atoms with Gasteiger partial charge in [-0.3, -0.25) is 4.40 Å². The number of aromatic nitrogens is 4. The number of rotatable bonds is 4. The van der Waals surface area contributed by atoms with Crippen LogP contribution >= 0.6 is 0 Å². The summed E-state index contributed by atoms with van der Waals surface area (Å²) in [5.41, 5.74) is 3.69. The van der Waals surface area contributed by atoms with Gasteiger partial charge < -0.3 is 10.4 Å². The zero-order valence-corrected chi connectivity index (χ0v) is 13.5. The first-order chi connectivity index (χ1) is 12.1. The largest absolute Gasteiger partial charge is 0.478 e. The Bertz CT molecular complexity index is 1090. The van der Waals surface area contributed by atoms with Crippen LogP contribution in [0.15, 0.2) is 48.5 Å². The molecule has 0 aliphatic carbocycles. The van der Waals surface area contributed by atoms with E-state index in [2.05, 4.69) is 20.5 Å². The van der Waals surface area contributed by atoms with Crippen LogP contribution in [0.2, 0.25) is 0 Å². The average Bonchev–Trinajstić information content (AvgIpc) is 3.02. The Kier molecular flexibility index (Phi) is 3.53. The second-order valence-corrected chi connectivity index (χ2v) is 5.71. The molecule has 124 valence electrons. The molecular weight excluding hydrogens is 318 g/mol. The van der Waals surface area contributed by atoms with Gasteiger partial charge >= 0.3 is 5.97 Å². The van der Waals surface area contributed by atoms with E-state index in [-0.39, 0.29) is 5.56 Å². The number of carboxylic acids is 1. The third-order valence-electron chi connectivity index (χ3n) is 4.05. The maximum atomic E-state index is 10.9. The van der Waals surface area contributed by atoms with Crippen LogP contribution in [-0.2, 0) is 6.54 Å². The number of carboxylic acid groups (broad SMARTS) is 1. The zero-order valence-electron chi connectivity index (χ0n) is 13.5. The van der Waals surface area contributed by atoms with Gasteiger partial charge in [-0.2, -0.15) is 0 Å². The lowest BCUT2D eigenvalue weighted by molar-refractivity contribution is 0.0697. The highest BCUT2D eigenvalue weighted by Gasteiger charge is 2.12. The molecular formula is C18H15N5O2. The van der Waals surface area contributed by atoms with Crippen molar-refractivity contribution in [3.63, 3.8) is 0 Å². The van der Waals surface area contributed by atoms with E-state index in [0.29, 0.717) is 18.0 Å². The molecule has 0 spiro atoms. The number of hydrogen-bond acceptors (Lipinski definition) is 5. The van der Waals surface area contributed by atoms with E-state index in [9.17, 15) is 4.79 Å². The van der Waals surface area contributed by atoms with Crippen LogP contribution in [0.3, 0.4) is 0 Å². The lowest BCUT2D eigenvalue weighted by Gasteiger charge is -2.10. The first kappa shape index (κ1) is 15.1. The summed E-state index contributed by atoms with van der Waals surface area (Å²) in [4.78, 5) is 15.6. The summed E-state index contributed by atoms with van der Waals surface area (Å²) in [5.74, 6) is 0.500. The molecule has 0 unspecified atom stereocenters. The molecule has 0 bridgehead atoms. The zero-order chi connectivity index (χ0) is 17.4. The van der Waals surface area contributed by atoms with Gasteiger partial charge in [0, 0.05) is 6.54 Å². The number of fused-ring (bicyclic) bond motifs is 3. The number of carbonyl (C=O) groups is 1. The Labute approximate surface area is 143 Å². The first-order valence-corrected chi connectivity index (χ1v) is 7.80. The van der Waals surface area contributed by atoms with E-state index in [4.69, 9.17) is 5.11 Å². The van der Waals surface area contributed by atoms with Gasteiger partial charge in [0.15, 0.2) is 5.82 Å². The normalized spacial score (nSPS) is 11.1. The molecule has 2 aromatic carbocycles. The molecule has 2 aromatic heterocycles. The Morgan fingerprint density at radius 3 is 2.64 bits per heavy atom. The maximum Gasteiger partial charge on any atom is 0.335 e. The van der Waals surface area contributed by atoms with E-state index in [0.717, 1.165) is 22.4 Å². The van der Waals surface area contributed by atoms with E-state index in [1.165, 1.54) is 0 Å². The van der Waals surface area contributed by atoms with Gasteiger partial charge in [0.25, 0.3) is 0 Å². The van der Waals surface area contributed by atoms with Crippen molar-refractivity contribution < 1.29 is 9.90 Å². The van der Waals surface area contributed by atoms with Crippen molar-refractivity contribution in [3.8, 4) is 0 Å². The van der Waals surface area contributed by atoms with E-state index in [1.54, 1.807) is 24.3 Å². The number of aryl methyl sites for hydroxylation is 1. The summed E-state index contributed by atoms with van der Waals surface area (Å²) < 4.78 is 1.97. The molecule has 0 atom stereocenters. The maximum absolute atomic E-state index is 10.9. The van der Waals surface area contributed by atoms with Gasteiger partial charge in [0.1, 0.15) is 5.82 Å². The minimum atomic E-state index is -0.934. The monoisotopic (exact) mass is 333 g/mol. The second-order valence-electron chi connectivity index (χ2n) is 5.71. The number of nitrogens with one attached hydrogen (secondary N) is 1. The number of aromatic carboxylic acids is 1. The van der Waals surface area contributed by atoms with Crippen molar-refractivity contribution in [2.45, 2.75) is 13.5 Å². The number of hydrogen-bond donors (Lipinski definition) is 2. The Morgan fingerprint density at radius 2 is 1.88 bits per heavy atom. The molecule has 7 heteroatoms. The van der Waals surface area contributed by atoms with Crippen LogP contribution in [0.25, 0.3) is 16.7 Å². The summed E-state index contributed by atoms with van der Waals surface area (Å²) in [6.07, 6.45) is 0. The smallest absolute Gasteiger partial charge is 0.335 e. The van der Waals surface area contributed by atoms with Crippen molar-refractivity contribution in [2.75, 3.05) is 5.32 Å². The SMILES string of the molecule is Cc1nnc2c(NCc3ccc(C(=O)O)cc3)nc3ccccc3n12.